The van der Waals surface area contributed by atoms with Crippen molar-refractivity contribution in [1.29, 1.82) is 0 Å². The van der Waals surface area contributed by atoms with Gasteiger partial charge in [-0.1, -0.05) is 26.2 Å². The van der Waals surface area contributed by atoms with Gasteiger partial charge in [-0.3, -0.25) is 10.2 Å². The van der Waals surface area contributed by atoms with Gasteiger partial charge in [-0.15, -0.1) is 11.3 Å². The van der Waals surface area contributed by atoms with Crippen LogP contribution in [0.25, 0.3) is 0 Å². The van der Waals surface area contributed by atoms with E-state index in [1.165, 1.54) is 43.4 Å². The standard InChI is InChI=1S/C12H19N3OS/c1-2-9-10(11(16)15-13)17-12(14-9)8-6-4-3-5-7-8/h8H,2-7,13H2,1H3,(H,15,16). The van der Waals surface area contributed by atoms with E-state index in [1.54, 1.807) is 0 Å². The number of rotatable bonds is 3. The van der Waals surface area contributed by atoms with E-state index in [9.17, 15) is 4.79 Å². The molecule has 0 radical (unpaired) electrons. The maximum Gasteiger partial charge on any atom is 0.277 e. The number of nitrogens with one attached hydrogen (secondary N) is 1. The molecule has 0 aliphatic heterocycles. The number of nitrogens with zero attached hydrogens (tertiary/aromatic N) is 1. The molecule has 1 amide bonds. The topological polar surface area (TPSA) is 68.0 Å². The van der Waals surface area contributed by atoms with Gasteiger partial charge in [0.05, 0.1) is 10.7 Å². The summed E-state index contributed by atoms with van der Waals surface area (Å²) >= 11 is 1.52. The summed E-state index contributed by atoms with van der Waals surface area (Å²) in [6.07, 6.45) is 7.10. The SMILES string of the molecule is CCc1nc(C2CCCCC2)sc1C(=O)NN. The number of aromatic nitrogens is 1. The molecule has 3 N–H and O–H groups in total. The predicted molar refractivity (Wildman–Crippen MR) is 69.0 cm³/mol. The van der Waals surface area contributed by atoms with E-state index in [0.29, 0.717) is 10.8 Å². The number of nitrogens with two attached hydrogens (primary N) is 1. The van der Waals surface area contributed by atoms with E-state index in [1.807, 2.05) is 6.92 Å². The largest absolute Gasteiger partial charge is 0.289 e. The molecule has 1 heterocycles. The summed E-state index contributed by atoms with van der Waals surface area (Å²) in [5.41, 5.74) is 3.09. The lowest BCUT2D eigenvalue weighted by molar-refractivity contribution is 0.0956. The fraction of sp³-hybridized carbons (Fsp3) is 0.667. The van der Waals surface area contributed by atoms with E-state index >= 15 is 0 Å². The second-order valence-electron chi connectivity index (χ2n) is 4.49. The minimum absolute atomic E-state index is 0.207. The zero-order valence-electron chi connectivity index (χ0n) is 10.2. The van der Waals surface area contributed by atoms with Crippen LogP contribution in [0.15, 0.2) is 0 Å². The van der Waals surface area contributed by atoms with Gasteiger partial charge in [0.1, 0.15) is 4.88 Å². The van der Waals surface area contributed by atoms with Crippen LogP contribution in [-0.4, -0.2) is 10.9 Å². The van der Waals surface area contributed by atoms with Crippen LogP contribution >= 0.6 is 11.3 Å². The summed E-state index contributed by atoms with van der Waals surface area (Å²) in [5, 5.41) is 1.13. The van der Waals surface area contributed by atoms with E-state index < -0.39 is 0 Å². The molecule has 1 aromatic heterocycles. The first-order chi connectivity index (χ1) is 8.26. The first-order valence-electron chi connectivity index (χ1n) is 6.26. The molecule has 0 atom stereocenters. The van der Waals surface area contributed by atoms with Crippen LogP contribution in [0.4, 0.5) is 0 Å². The molecule has 0 aromatic carbocycles. The molecule has 94 valence electrons. The Balaban J connectivity index is 2.23. The van der Waals surface area contributed by atoms with Gasteiger partial charge < -0.3 is 0 Å². The summed E-state index contributed by atoms with van der Waals surface area (Å²) in [6, 6.07) is 0. The van der Waals surface area contributed by atoms with Crippen LogP contribution in [0.2, 0.25) is 0 Å². The smallest absolute Gasteiger partial charge is 0.277 e. The highest BCUT2D eigenvalue weighted by molar-refractivity contribution is 7.13. The molecule has 1 aliphatic rings. The molecule has 1 aliphatic carbocycles. The molecule has 0 spiro atoms. The highest BCUT2D eigenvalue weighted by Gasteiger charge is 2.23. The summed E-state index contributed by atoms with van der Waals surface area (Å²) in [7, 11) is 0. The number of aryl methyl sites for hydroxylation is 1. The Hall–Kier alpha value is -0.940. The van der Waals surface area contributed by atoms with Crippen LogP contribution in [0, 0.1) is 0 Å². The van der Waals surface area contributed by atoms with Crippen molar-refractivity contribution in [2.24, 2.45) is 5.84 Å². The Morgan fingerprint density at radius 2 is 2.18 bits per heavy atom. The van der Waals surface area contributed by atoms with E-state index in [-0.39, 0.29) is 5.91 Å². The first-order valence-corrected chi connectivity index (χ1v) is 7.08. The van der Waals surface area contributed by atoms with Crippen molar-refractivity contribution in [2.45, 2.75) is 51.4 Å². The quantitative estimate of drug-likeness (QED) is 0.493. The molecule has 4 nitrogen and oxygen atoms in total. The van der Waals surface area contributed by atoms with Gasteiger partial charge in [0.15, 0.2) is 0 Å². The molecule has 0 unspecified atom stereocenters. The predicted octanol–water partition coefficient (Wildman–Crippen LogP) is 2.36. The average Bonchev–Trinajstić information content (AvgIpc) is 2.83. The van der Waals surface area contributed by atoms with Crippen LogP contribution in [0.3, 0.4) is 0 Å². The number of carbonyl (C=O) groups excluding carboxylic acids is 1. The molecule has 0 bridgehead atoms. The Kier molecular flexibility index (Phi) is 4.12. The van der Waals surface area contributed by atoms with Gasteiger partial charge in [0.2, 0.25) is 0 Å². The van der Waals surface area contributed by atoms with Gasteiger partial charge in [0, 0.05) is 5.92 Å². The zero-order valence-corrected chi connectivity index (χ0v) is 11.0. The molecular weight excluding hydrogens is 234 g/mol. The number of hydrazine groups is 1. The lowest BCUT2D eigenvalue weighted by Gasteiger charge is -2.18. The monoisotopic (exact) mass is 253 g/mol. The van der Waals surface area contributed by atoms with Gasteiger partial charge in [0.25, 0.3) is 5.91 Å². The number of amides is 1. The van der Waals surface area contributed by atoms with Crippen molar-refractivity contribution in [1.82, 2.24) is 10.4 Å². The van der Waals surface area contributed by atoms with Gasteiger partial charge in [-0.05, 0) is 19.3 Å². The van der Waals surface area contributed by atoms with E-state index in [4.69, 9.17) is 5.84 Å². The van der Waals surface area contributed by atoms with Crippen molar-refractivity contribution in [3.63, 3.8) is 0 Å². The molecule has 1 fully saturated rings. The van der Waals surface area contributed by atoms with E-state index in [0.717, 1.165) is 17.1 Å². The maximum absolute atomic E-state index is 11.6. The highest BCUT2D eigenvalue weighted by atomic mass is 32.1. The van der Waals surface area contributed by atoms with Gasteiger partial charge >= 0.3 is 0 Å². The average molecular weight is 253 g/mol. The summed E-state index contributed by atoms with van der Waals surface area (Å²) in [5.74, 6) is 5.54. The summed E-state index contributed by atoms with van der Waals surface area (Å²) < 4.78 is 0. The Bertz CT molecular complexity index is 396. The minimum Gasteiger partial charge on any atom is -0.289 e. The van der Waals surface area contributed by atoms with E-state index in [2.05, 4.69) is 10.4 Å². The Morgan fingerprint density at radius 1 is 1.47 bits per heavy atom. The van der Waals surface area contributed by atoms with Crippen molar-refractivity contribution >= 4 is 17.2 Å². The maximum atomic E-state index is 11.6. The lowest BCUT2D eigenvalue weighted by atomic mass is 9.90. The number of hydrogen-bond donors (Lipinski definition) is 2. The number of carbonyl (C=O) groups is 1. The Labute approximate surface area is 106 Å². The molecule has 17 heavy (non-hydrogen) atoms. The summed E-state index contributed by atoms with van der Waals surface area (Å²) in [6.45, 7) is 2.02. The van der Waals surface area contributed by atoms with Crippen LogP contribution in [-0.2, 0) is 6.42 Å². The minimum atomic E-state index is -0.207. The van der Waals surface area contributed by atoms with Crippen LogP contribution < -0.4 is 11.3 Å². The number of thiazole rings is 1. The van der Waals surface area contributed by atoms with Crippen molar-refractivity contribution in [2.75, 3.05) is 0 Å². The number of hydrogen-bond acceptors (Lipinski definition) is 4. The van der Waals surface area contributed by atoms with Crippen molar-refractivity contribution in [3.05, 3.63) is 15.6 Å². The molecule has 5 heteroatoms. The Morgan fingerprint density at radius 3 is 2.76 bits per heavy atom. The lowest BCUT2D eigenvalue weighted by Crippen LogP contribution is -2.30. The molecule has 2 rings (SSSR count). The molecule has 1 saturated carbocycles. The second-order valence-corrected chi connectivity index (χ2v) is 5.52. The van der Waals surface area contributed by atoms with Gasteiger partial charge in [-0.2, -0.15) is 0 Å². The second kappa shape index (κ2) is 5.60. The van der Waals surface area contributed by atoms with Gasteiger partial charge in [-0.25, -0.2) is 10.8 Å². The van der Waals surface area contributed by atoms with Crippen molar-refractivity contribution < 1.29 is 4.79 Å². The zero-order chi connectivity index (χ0) is 12.3. The van der Waals surface area contributed by atoms with Crippen LogP contribution in [0.5, 0.6) is 0 Å². The number of nitrogen functional groups attached to an aromatic ring is 1. The normalized spacial score (nSPS) is 17.1. The molecule has 1 aromatic rings. The third-order valence-corrected chi connectivity index (χ3v) is 4.60. The van der Waals surface area contributed by atoms with Crippen molar-refractivity contribution in [3.8, 4) is 0 Å². The first kappa shape index (κ1) is 12.5. The fourth-order valence-corrected chi connectivity index (χ4v) is 3.60. The third kappa shape index (κ3) is 2.66. The summed E-state index contributed by atoms with van der Waals surface area (Å²) in [4.78, 5) is 16.9. The third-order valence-electron chi connectivity index (χ3n) is 3.34. The van der Waals surface area contributed by atoms with Crippen LogP contribution in [0.1, 0.15) is 65.3 Å². The highest BCUT2D eigenvalue weighted by Crippen LogP contribution is 2.35. The molecular formula is C12H19N3OS. The molecule has 0 saturated heterocycles. The fourth-order valence-electron chi connectivity index (χ4n) is 2.38.